The Morgan fingerprint density at radius 2 is 1.33 bits per heavy atom. The summed E-state index contributed by atoms with van der Waals surface area (Å²) in [5.41, 5.74) is 10.8. The SMILES string of the molecule is CC.CCC.Cc1cc(C)c(C(C)(C)C)cc1N. The van der Waals surface area contributed by atoms with Crippen molar-refractivity contribution in [2.75, 3.05) is 5.73 Å². The van der Waals surface area contributed by atoms with Gasteiger partial charge in [0.05, 0.1) is 0 Å². The van der Waals surface area contributed by atoms with Gasteiger partial charge in [0, 0.05) is 5.69 Å². The lowest BCUT2D eigenvalue weighted by atomic mass is 9.83. The molecule has 0 heterocycles. The maximum Gasteiger partial charge on any atom is 0.0346 e. The van der Waals surface area contributed by atoms with E-state index in [9.17, 15) is 0 Å². The van der Waals surface area contributed by atoms with Crippen LogP contribution in [0.15, 0.2) is 12.1 Å². The van der Waals surface area contributed by atoms with Gasteiger partial charge in [0.1, 0.15) is 0 Å². The number of rotatable bonds is 0. The first-order valence-corrected chi connectivity index (χ1v) is 7.11. The number of nitrogen functional groups attached to an aromatic ring is 1. The van der Waals surface area contributed by atoms with Gasteiger partial charge in [-0.1, -0.05) is 61.0 Å². The summed E-state index contributed by atoms with van der Waals surface area (Å²) in [6.45, 7) is 19.1. The van der Waals surface area contributed by atoms with Gasteiger partial charge in [0.2, 0.25) is 0 Å². The Morgan fingerprint density at radius 1 is 0.944 bits per heavy atom. The van der Waals surface area contributed by atoms with E-state index < -0.39 is 0 Å². The van der Waals surface area contributed by atoms with E-state index >= 15 is 0 Å². The molecule has 0 aliphatic carbocycles. The molecule has 0 saturated heterocycles. The standard InChI is InChI=1S/C12H19N.C3H8.C2H6/c1-8-6-9(2)11(13)7-10(8)12(3,4)5;1-3-2;1-2/h6-7H,13H2,1-5H3;3H2,1-2H3;1-2H3. The van der Waals surface area contributed by atoms with E-state index in [1.807, 2.05) is 13.8 Å². The third-order valence-electron chi connectivity index (χ3n) is 2.42. The van der Waals surface area contributed by atoms with Crippen LogP contribution in [0.4, 0.5) is 5.69 Å². The molecule has 0 aliphatic heterocycles. The molecule has 18 heavy (non-hydrogen) atoms. The zero-order valence-electron chi connectivity index (χ0n) is 13.9. The number of hydrogen-bond donors (Lipinski definition) is 1. The molecule has 1 aromatic rings. The van der Waals surface area contributed by atoms with Crippen LogP contribution >= 0.6 is 0 Å². The summed E-state index contributed by atoms with van der Waals surface area (Å²) in [6, 6.07) is 4.26. The lowest BCUT2D eigenvalue weighted by molar-refractivity contribution is 0.586. The molecule has 0 bridgehead atoms. The summed E-state index contributed by atoms with van der Waals surface area (Å²) >= 11 is 0. The predicted octanol–water partition coefficient (Wildman–Crippen LogP) is 5.63. The van der Waals surface area contributed by atoms with Crippen molar-refractivity contribution in [1.29, 1.82) is 0 Å². The maximum absolute atomic E-state index is 5.89. The molecule has 0 amide bonds. The summed E-state index contributed by atoms with van der Waals surface area (Å²) in [5.74, 6) is 0. The van der Waals surface area contributed by atoms with Crippen molar-refractivity contribution >= 4 is 5.69 Å². The number of aryl methyl sites for hydroxylation is 2. The van der Waals surface area contributed by atoms with Crippen LogP contribution in [0.1, 0.15) is 71.6 Å². The van der Waals surface area contributed by atoms with Crippen molar-refractivity contribution in [2.45, 2.75) is 74.1 Å². The molecule has 0 atom stereocenters. The first-order valence-electron chi connectivity index (χ1n) is 7.11. The van der Waals surface area contributed by atoms with E-state index in [0.717, 1.165) is 5.69 Å². The highest BCUT2D eigenvalue weighted by molar-refractivity contribution is 5.52. The number of anilines is 1. The molecule has 1 nitrogen and oxygen atoms in total. The van der Waals surface area contributed by atoms with Gasteiger partial charge < -0.3 is 5.73 Å². The fraction of sp³-hybridized carbons (Fsp3) is 0.647. The molecule has 0 spiro atoms. The molecule has 0 saturated carbocycles. The summed E-state index contributed by atoms with van der Waals surface area (Å²) in [6.07, 6.45) is 1.25. The third-order valence-corrected chi connectivity index (χ3v) is 2.42. The highest BCUT2D eigenvalue weighted by Crippen LogP contribution is 2.28. The normalized spacial score (nSPS) is 9.83. The van der Waals surface area contributed by atoms with Gasteiger partial charge in [-0.3, -0.25) is 0 Å². The van der Waals surface area contributed by atoms with Crippen molar-refractivity contribution in [1.82, 2.24) is 0 Å². The number of hydrogen-bond acceptors (Lipinski definition) is 1. The van der Waals surface area contributed by atoms with Crippen molar-refractivity contribution in [2.24, 2.45) is 0 Å². The number of benzene rings is 1. The summed E-state index contributed by atoms with van der Waals surface area (Å²) < 4.78 is 0. The summed E-state index contributed by atoms with van der Waals surface area (Å²) in [7, 11) is 0. The van der Waals surface area contributed by atoms with Gasteiger partial charge in [-0.05, 0) is 42.0 Å². The van der Waals surface area contributed by atoms with Crippen LogP contribution in [0, 0.1) is 13.8 Å². The van der Waals surface area contributed by atoms with Gasteiger partial charge in [0.25, 0.3) is 0 Å². The Balaban J connectivity index is 0. The molecule has 0 aliphatic rings. The van der Waals surface area contributed by atoms with Gasteiger partial charge in [-0.15, -0.1) is 0 Å². The monoisotopic (exact) mass is 251 g/mol. The molecule has 1 aromatic carbocycles. The Hall–Kier alpha value is -0.980. The smallest absolute Gasteiger partial charge is 0.0346 e. The van der Waals surface area contributed by atoms with Crippen LogP contribution in [0.5, 0.6) is 0 Å². The third kappa shape index (κ3) is 6.68. The van der Waals surface area contributed by atoms with Gasteiger partial charge >= 0.3 is 0 Å². The first-order chi connectivity index (χ1) is 8.23. The molecule has 106 valence electrons. The molecule has 1 rings (SSSR count). The molecule has 0 radical (unpaired) electrons. The molecule has 0 aromatic heterocycles. The van der Waals surface area contributed by atoms with E-state index in [4.69, 9.17) is 5.73 Å². The van der Waals surface area contributed by atoms with Crippen LogP contribution in [0.2, 0.25) is 0 Å². The second-order valence-electron chi connectivity index (χ2n) is 5.48. The Labute approximate surface area is 115 Å². The topological polar surface area (TPSA) is 26.0 Å². The fourth-order valence-electron chi connectivity index (χ4n) is 1.68. The van der Waals surface area contributed by atoms with E-state index in [-0.39, 0.29) is 5.41 Å². The summed E-state index contributed by atoms with van der Waals surface area (Å²) in [5, 5.41) is 0. The minimum absolute atomic E-state index is 0.186. The number of nitrogens with two attached hydrogens (primary N) is 1. The Bertz CT molecular complexity index is 332. The van der Waals surface area contributed by atoms with E-state index in [1.54, 1.807) is 0 Å². The lowest BCUT2D eigenvalue weighted by Gasteiger charge is -2.22. The van der Waals surface area contributed by atoms with E-state index in [0.29, 0.717) is 0 Å². The second kappa shape index (κ2) is 9.02. The summed E-state index contributed by atoms with van der Waals surface area (Å²) in [4.78, 5) is 0. The molecule has 0 fully saturated rings. The molecular weight excluding hydrogens is 218 g/mol. The average Bonchev–Trinajstić information content (AvgIpc) is 2.26. The first kappa shape index (κ1) is 19.4. The minimum atomic E-state index is 0.186. The second-order valence-corrected chi connectivity index (χ2v) is 5.48. The fourth-order valence-corrected chi connectivity index (χ4v) is 1.68. The van der Waals surface area contributed by atoms with Crippen LogP contribution in [0.3, 0.4) is 0 Å². The van der Waals surface area contributed by atoms with Crippen molar-refractivity contribution in [3.8, 4) is 0 Å². The quantitative estimate of drug-likeness (QED) is 0.594. The zero-order chi connectivity index (χ0) is 14.9. The minimum Gasteiger partial charge on any atom is -0.399 e. The maximum atomic E-state index is 5.89. The van der Waals surface area contributed by atoms with Crippen molar-refractivity contribution in [3.63, 3.8) is 0 Å². The van der Waals surface area contributed by atoms with Gasteiger partial charge in [-0.2, -0.15) is 0 Å². The van der Waals surface area contributed by atoms with E-state index in [1.165, 1.54) is 23.1 Å². The molecular formula is C17H33N. The van der Waals surface area contributed by atoms with E-state index in [2.05, 4.69) is 60.6 Å². The predicted molar refractivity (Wildman–Crippen MR) is 86.3 cm³/mol. The molecule has 1 heteroatoms. The van der Waals surface area contributed by atoms with Crippen molar-refractivity contribution < 1.29 is 0 Å². The van der Waals surface area contributed by atoms with Crippen molar-refractivity contribution in [3.05, 3.63) is 28.8 Å². The van der Waals surface area contributed by atoms with Gasteiger partial charge in [-0.25, -0.2) is 0 Å². The Kier molecular flexibility index (Phi) is 9.70. The van der Waals surface area contributed by atoms with Crippen LogP contribution < -0.4 is 5.73 Å². The van der Waals surface area contributed by atoms with Crippen LogP contribution in [-0.4, -0.2) is 0 Å². The Morgan fingerprint density at radius 3 is 1.67 bits per heavy atom. The average molecular weight is 251 g/mol. The van der Waals surface area contributed by atoms with Gasteiger partial charge in [0.15, 0.2) is 0 Å². The zero-order valence-corrected chi connectivity index (χ0v) is 13.9. The lowest BCUT2D eigenvalue weighted by Crippen LogP contribution is -2.13. The molecule has 0 unspecified atom stereocenters. The van der Waals surface area contributed by atoms with Crippen LogP contribution in [0.25, 0.3) is 0 Å². The molecule has 2 N–H and O–H groups in total. The van der Waals surface area contributed by atoms with Crippen LogP contribution in [-0.2, 0) is 5.41 Å². The highest BCUT2D eigenvalue weighted by Gasteiger charge is 2.16. The largest absolute Gasteiger partial charge is 0.399 e. The highest BCUT2D eigenvalue weighted by atomic mass is 14.6.